The molecule has 2 N–H and O–H groups in total. The van der Waals surface area contributed by atoms with Gasteiger partial charge in [-0.05, 0) is 27.7 Å². The van der Waals surface area contributed by atoms with Crippen LogP contribution in [-0.4, -0.2) is 43.8 Å². The second-order valence-electron chi connectivity index (χ2n) is 5.36. The number of carbonyl (C=O) groups is 1. The number of thioether (sulfide) groups is 1. The number of nitrogens with one attached hydrogen (secondary N) is 2. The van der Waals surface area contributed by atoms with Crippen molar-refractivity contribution in [3.8, 4) is 0 Å². The summed E-state index contributed by atoms with van der Waals surface area (Å²) in [5, 5.41) is 3.73. The molecule has 0 saturated carbocycles. The zero-order chi connectivity index (χ0) is 15.5. The Morgan fingerprint density at radius 1 is 1.43 bits per heavy atom. The molecular formula is C13H19N5O2S. The van der Waals surface area contributed by atoms with Crippen LogP contribution in [0.2, 0.25) is 0 Å². The van der Waals surface area contributed by atoms with Crippen LogP contribution in [-0.2, 0) is 9.53 Å². The van der Waals surface area contributed by atoms with E-state index in [1.807, 2.05) is 27.7 Å². The van der Waals surface area contributed by atoms with E-state index in [1.54, 1.807) is 6.33 Å². The number of aromatic nitrogens is 4. The molecule has 0 unspecified atom stereocenters. The van der Waals surface area contributed by atoms with Gasteiger partial charge >= 0.3 is 5.97 Å². The number of H-pyrrole nitrogens is 1. The molecule has 21 heavy (non-hydrogen) atoms. The first-order chi connectivity index (χ1) is 9.89. The molecule has 8 heteroatoms. The summed E-state index contributed by atoms with van der Waals surface area (Å²) in [5.41, 5.74) is 0.819. The number of rotatable bonds is 5. The van der Waals surface area contributed by atoms with Crippen molar-refractivity contribution in [3.63, 3.8) is 0 Å². The molecule has 0 aromatic carbocycles. The molecule has 0 saturated heterocycles. The van der Waals surface area contributed by atoms with E-state index in [9.17, 15) is 4.79 Å². The quantitative estimate of drug-likeness (QED) is 0.497. The van der Waals surface area contributed by atoms with Crippen LogP contribution in [0.1, 0.15) is 27.7 Å². The molecule has 0 aliphatic heterocycles. The van der Waals surface area contributed by atoms with Crippen molar-refractivity contribution >= 4 is 34.8 Å². The summed E-state index contributed by atoms with van der Waals surface area (Å²) in [5.74, 6) is 0.418. The van der Waals surface area contributed by atoms with Crippen molar-refractivity contribution in [1.29, 1.82) is 0 Å². The number of fused-ring (bicyclic) bond motifs is 1. The van der Waals surface area contributed by atoms with Crippen molar-refractivity contribution in [1.82, 2.24) is 19.9 Å². The predicted octanol–water partition coefficient (Wildman–Crippen LogP) is 2.22. The van der Waals surface area contributed by atoms with Crippen LogP contribution in [0, 0.1) is 0 Å². The average Bonchev–Trinajstić information content (AvgIpc) is 2.82. The molecule has 2 rings (SSSR count). The summed E-state index contributed by atoms with van der Waals surface area (Å²) in [7, 11) is 0. The summed E-state index contributed by atoms with van der Waals surface area (Å²) in [4.78, 5) is 27.6. The number of esters is 1. The lowest BCUT2D eigenvalue weighted by atomic mass is 10.2. The Morgan fingerprint density at radius 2 is 2.19 bits per heavy atom. The predicted molar refractivity (Wildman–Crippen MR) is 82.4 cm³/mol. The Kier molecular flexibility index (Phi) is 4.66. The molecule has 7 nitrogen and oxygen atoms in total. The SMILES string of the molecule is CCNc1nc(SCC(=O)OC(C)(C)C)c2[nH]cnc2n1. The van der Waals surface area contributed by atoms with E-state index < -0.39 is 5.60 Å². The second kappa shape index (κ2) is 6.30. The molecule has 0 radical (unpaired) electrons. The molecule has 2 heterocycles. The van der Waals surface area contributed by atoms with Gasteiger partial charge in [0, 0.05) is 6.54 Å². The lowest BCUT2D eigenvalue weighted by Crippen LogP contribution is -2.24. The van der Waals surface area contributed by atoms with E-state index in [0.717, 1.165) is 5.52 Å². The fourth-order valence-electron chi connectivity index (χ4n) is 1.65. The Balaban J connectivity index is 2.13. The van der Waals surface area contributed by atoms with Crippen molar-refractivity contribution in [3.05, 3.63) is 6.33 Å². The summed E-state index contributed by atoms with van der Waals surface area (Å²) >= 11 is 1.31. The van der Waals surface area contributed by atoms with Gasteiger partial charge in [-0.2, -0.15) is 4.98 Å². The summed E-state index contributed by atoms with van der Waals surface area (Å²) < 4.78 is 5.29. The van der Waals surface area contributed by atoms with Crippen molar-refractivity contribution < 1.29 is 9.53 Å². The highest BCUT2D eigenvalue weighted by atomic mass is 32.2. The monoisotopic (exact) mass is 309 g/mol. The van der Waals surface area contributed by atoms with Crippen LogP contribution in [0.25, 0.3) is 11.2 Å². The lowest BCUT2D eigenvalue weighted by molar-refractivity contribution is -0.151. The molecule has 114 valence electrons. The maximum absolute atomic E-state index is 11.8. The van der Waals surface area contributed by atoms with E-state index >= 15 is 0 Å². The summed E-state index contributed by atoms with van der Waals surface area (Å²) in [6, 6.07) is 0. The smallest absolute Gasteiger partial charge is 0.316 e. The third-order valence-corrected chi connectivity index (χ3v) is 3.28. The second-order valence-corrected chi connectivity index (χ2v) is 6.32. The minimum Gasteiger partial charge on any atom is -0.459 e. The maximum Gasteiger partial charge on any atom is 0.316 e. The Morgan fingerprint density at radius 3 is 2.86 bits per heavy atom. The molecular weight excluding hydrogens is 290 g/mol. The summed E-state index contributed by atoms with van der Waals surface area (Å²) in [6.07, 6.45) is 1.56. The number of hydrogen-bond acceptors (Lipinski definition) is 7. The topological polar surface area (TPSA) is 92.8 Å². The van der Waals surface area contributed by atoms with Crippen LogP contribution in [0.4, 0.5) is 5.95 Å². The first-order valence-electron chi connectivity index (χ1n) is 6.68. The highest BCUT2D eigenvalue weighted by Crippen LogP contribution is 2.24. The molecule has 2 aromatic rings. The summed E-state index contributed by atoms with van der Waals surface area (Å²) in [6.45, 7) is 8.21. The van der Waals surface area contributed by atoms with Gasteiger partial charge in [-0.25, -0.2) is 9.97 Å². The van der Waals surface area contributed by atoms with Gasteiger partial charge in [0.1, 0.15) is 16.1 Å². The minimum absolute atomic E-state index is 0.188. The highest BCUT2D eigenvalue weighted by molar-refractivity contribution is 8.00. The van der Waals surface area contributed by atoms with Crippen molar-refractivity contribution in [2.75, 3.05) is 17.6 Å². The van der Waals surface area contributed by atoms with Crippen LogP contribution in [0.3, 0.4) is 0 Å². The number of nitrogens with zero attached hydrogens (tertiary/aromatic N) is 3. The third-order valence-electron chi connectivity index (χ3n) is 2.33. The molecule has 0 aliphatic carbocycles. The normalized spacial score (nSPS) is 11.6. The van der Waals surface area contributed by atoms with Gasteiger partial charge < -0.3 is 15.0 Å². The van der Waals surface area contributed by atoms with Crippen molar-refractivity contribution in [2.24, 2.45) is 0 Å². The van der Waals surface area contributed by atoms with Gasteiger partial charge in [-0.3, -0.25) is 4.79 Å². The lowest BCUT2D eigenvalue weighted by Gasteiger charge is -2.19. The minimum atomic E-state index is -0.485. The van der Waals surface area contributed by atoms with Gasteiger partial charge in [-0.1, -0.05) is 11.8 Å². The largest absolute Gasteiger partial charge is 0.459 e. The van der Waals surface area contributed by atoms with Gasteiger partial charge in [0.2, 0.25) is 5.95 Å². The maximum atomic E-state index is 11.8. The Labute approximate surface area is 127 Å². The van der Waals surface area contributed by atoms with Gasteiger partial charge in [0.05, 0.1) is 12.1 Å². The van der Waals surface area contributed by atoms with Gasteiger partial charge in [-0.15, -0.1) is 0 Å². The van der Waals surface area contributed by atoms with E-state index in [2.05, 4.69) is 25.3 Å². The fourth-order valence-corrected chi connectivity index (χ4v) is 2.41. The molecule has 2 aromatic heterocycles. The zero-order valence-electron chi connectivity index (χ0n) is 12.6. The number of hydrogen-bond donors (Lipinski definition) is 2. The van der Waals surface area contributed by atoms with E-state index in [0.29, 0.717) is 23.2 Å². The Bertz CT molecular complexity index is 635. The number of imidazole rings is 1. The first-order valence-corrected chi connectivity index (χ1v) is 7.67. The van der Waals surface area contributed by atoms with Gasteiger partial charge in [0.15, 0.2) is 5.65 Å². The van der Waals surface area contributed by atoms with E-state index in [4.69, 9.17) is 4.74 Å². The molecule has 0 bridgehead atoms. The number of carbonyl (C=O) groups excluding carboxylic acids is 1. The highest BCUT2D eigenvalue weighted by Gasteiger charge is 2.18. The number of aromatic amines is 1. The zero-order valence-corrected chi connectivity index (χ0v) is 13.4. The van der Waals surface area contributed by atoms with Crippen LogP contribution in [0.15, 0.2) is 11.4 Å². The number of ether oxygens (including phenoxy) is 1. The Hall–Kier alpha value is -1.83. The van der Waals surface area contributed by atoms with Crippen molar-refractivity contribution in [2.45, 2.75) is 38.3 Å². The fraction of sp³-hybridized carbons (Fsp3) is 0.538. The molecule has 0 fully saturated rings. The molecule has 0 atom stereocenters. The molecule has 0 spiro atoms. The third kappa shape index (κ3) is 4.32. The molecule has 0 aliphatic rings. The van der Waals surface area contributed by atoms with Crippen LogP contribution in [0.5, 0.6) is 0 Å². The first kappa shape index (κ1) is 15.6. The van der Waals surface area contributed by atoms with E-state index in [-0.39, 0.29) is 11.7 Å². The van der Waals surface area contributed by atoms with Crippen LogP contribution >= 0.6 is 11.8 Å². The average molecular weight is 309 g/mol. The van der Waals surface area contributed by atoms with Gasteiger partial charge in [0.25, 0.3) is 0 Å². The van der Waals surface area contributed by atoms with Crippen LogP contribution < -0.4 is 5.32 Å². The van der Waals surface area contributed by atoms with E-state index in [1.165, 1.54) is 11.8 Å². The molecule has 0 amide bonds. The number of anilines is 1. The standard InChI is InChI=1S/C13H19N5O2S/c1-5-14-12-17-10-9(15-7-16-10)11(18-12)21-6-8(19)20-13(2,3)4/h7H,5-6H2,1-4H3,(H2,14,15,16,17,18).